The monoisotopic (exact) mass is 420 g/mol. The zero-order valence-electron chi connectivity index (χ0n) is 17.2. The van der Waals surface area contributed by atoms with Gasteiger partial charge in [-0.25, -0.2) is 0 Å². The van der Waals surface area contributed by atoms with Crippen LogP contribution < -0.4 is 15.4 Å². The molecule has 0 aliphatic carbocycles. The number of thioether (sulfide) groups is 1. The first-order chi connectivity index (χ1) is 14.4. The maximum atomic E-state index is 12.3. The quantitative estimate of drug-likeness (QED) is 0.509. The molecule has 0 atom stereocenters. The van der Waals surface area contributed by atoms with Crippen LogP contribution >= 0.6 is 11.8 Å². The first kappa shape index (κ1) is 21.5. The van der Waals surface area contributed by atoms with Crippen LogP contribution in [0.4, 0.5) is 11.4 Å². The normalized spacial score (nSPS) is 10.4. The van der Waals surface area contributed by atoms with Gasteiger partial charge in [-0.05, 0) is 85.6 Å². The summed E-state index contributed by atoms with van der Waals surface area (Å²) >= 11 is 1.44. The van der Waals surface area contributed by atoms with Crippen molar-refractivity contribution in [2.24, 2.45) is 0 Å². The summed E-state index contributed by atoms with van der Waals surface area (Å²) < 4.78 is 5.10. The van der Waals surface area contributed by atoms with Gasteiger partial charge in [0.05, 0.1) is 12.9 Å². The zero-order valence-corrected chi connectivity index (χ0v) is 18.0. The number of rotatable bonds is 7. The summed E-state index contributed by atoms with van der Waals surface area (Å²) in [7, 11) is 1.59. The summed E-state index contributed by atoms with van der Waals surface area (Å²) in [6.07, 6.45) is 0. The van der Waals surface area contributed by atoms with E-state index in [1.54, 1.807) is 31.4 Å². The lowest BCUT2D eigenvalue weighted by molar-refractivity contribution is -0.113. The number of amides is 2. The first-order valence-corrected chi connectivity index (χ1v) is 10.5. The Labute approximate surface area is 180 Å². The lowest BCUT2D eigenvalue weighted by atomic mass is 10.1. The van der Waals surface area contributed by atoms with Crippen LogP contribution in [0.25, 0.3) is 0 Å². The number of aryl methyl sites for hydroxylation is 2. The minimum atomic E-state index is -0.189. The van der Waals surface area contributed by atoms with Crippen molar-refractivity contribution in [1.29, 1.82) is 0 Å². The molecule has 2 amide bonds. The molecular weight excluding hydrogens is 396 g/mol. The van der Waals surface area contributed by atoms with E-state index in [1.165, 1.54) is 17.3 Å². The fourth-order valence-corrected chi connectivity index (χ4v) is 3.44. The molecule has 3 aromatic rings. The van der Waals surface area contributed by atoms with Crippen LogP contribution in [0.1, 0.15) is 21.5 Å². The van der Waals surface area contributed by atoms with Gasteiger partial charge < -0.3 is 15.4 Å². The molecule has 0 aromatic heterocycles. The lowest BCUT2D eigenvalue weighted by Gasteiger charge is -2.09. The second-order valence-electron chi connectivity index (χ2n) is 6.84. The summed E-state index contributed by atoms with van der Waals surface area (Å²) in [5.74, 6) is 0.769. The molecule has 5 nitrogen and oxygen atoms in total. The minimum Gasteiger partial charge on any atom is -0.497 e. The number of hydrogen-bond donors (Lipinski definition) is 2. The van der Waals surface area contributed by atoms with Crippen molar-refractivity contribution in [2.45, 2.75) is 18.7 Å². The van der Waals surface area contributed by atoms with Gasteiger partial charge in [-0.3, -0.25) is 9.59 Å². The van der Waals surface area contributed by atoms with Gasteiger partial charge in [-0.15, -0.1) is 11.8 Å². The molecule has 0 fully saturated rings. The Morgan fingerprint density at radius 2 is 1.50 bits per heavy atom. The number of anilines is 2. The number of ether oxygens (including phenoxy) is 1. The Bertz CT molecular complexity index is 1030. The summed E-state index contributed by atoms with van der Waals surface area (Å²) in [4.78, 5) is 25.5. The van der Waals surface area contributed by atoms with Gasteiger partial charge in [0.25, 0.3) is 5.91 Å². The number of carbonyl (C=O) groups is 2. The number of benzene rings is 3. The van der Waals surface area contributed by atoms with Crippen molar-refractivity contribution in [1.82, 2.24) is 0 Å². The summed E-state index contributed by atoms with van der Waals surface area (Å²) in [6.45, 7) is 4.06. The van der Waals surface area contributed by atoms with Crippen LogP contribution in [-0.2, 0) is 4.79 Å². The summed E-state index contributed by atoms with van der Waals surface area (Å²) in [6, 6.07) is 20.2. The van der Waals surface area contributed by atoms with E-state index in [4.69, 9.17) is 4.74 Å². The van der Waals surface area contributed by atoms with Gasteiger partial charge in [0, 0.05) is 21.8 Å². The van der Waals surface area contributed by atoms with Gasteiger partial charge >= 0.3 is 0 Å². The average Bonchev–Trinajstić information content (AvgIpc) is 2.76. The molecule has 0 saturated carbocycles. The van der Waals surface area contributed by atoms with Gasteiger partial charge in [0.1, 0.15) is 5.75 Å². The Morgan fingerprint density at radius 3 is 2.13 bits per heavy atom. The van der Waals surface area contributed by atoms with Crippen LogP contribution in [0.15, 0.2) is 71.6 Å². The van der Waals surface area contributed by atoms with E-state index in [-0.39, 0.29) is 11.8 Å². The number of hydrogen-bond acceptors (Lipinski definition) is 4. The maximum Gasteiger partial charge on any atom is 0.255 e. The van der Waals surface area contributed by atoms with Crippen molar-refractivity contribution >= 4 is 35.0 Å². The number of methoxy groups -OCH3 is 1. The highest BCUT2D eigenvalue weighted by Gasteiger charge is 2.08. The van der Waals surface area contributed by atoms with Gasteiger partial charge in [0.2, 0.25) is 5.91 Å². The maximum absolute atomic E-state index is 12.3. The number of carbonyl (C=O) groups excluding carboxylic acids is 2. The van der Waals surface area contributed by atoms with Crippen molar-refractivity contribution in [2.75, 3.05) is 23.5 Å². The molecule has 6 heteroatoms. The number of nitrogens with one attached hydrogen (secondary N) is 2. The van der Waals surface area contributed by atoms with Crippen LogP contribution in [0.2, 0.25) is 0 Å². The van der Waals surface area contributed by atoms with Crippen molar-refractivity contribution < 1.29 is 14.3 Å². The fourth-order valence-electron chi connectivity index (χ4n) is 2.75. The Balaban J connectivity index is 1.50. The summed E-state index contributed by atoms with van der Waals surface area (Å²) in [5.41, 5.74) is 4.39. The van der Waals surface area contributed by atoms with Crippen LogP contribution in [0, 0.1) is 13.8 Å². The van der Waals surface area contributed by atoms with Crippen molar-refractivity contribution in [3.05, 3.63) is 83.4 Å². The third-order valence-corrected chi connectivity index (χ3v) is 5.64. The fraction of sp³-hybridized carbons (Fsp3) is 0.167. The molecular formula is C24H24N2O3S. The van der Waals surface area contributed by atoms with Crippen molar-refractivity contribution in [3.63, 3.8) is 0 Å². The molecule has 3 rings (SSSR count). The van der Waals surface area contributed by atoms with E-state index in [2.05, 4.69) is 10.6 Å². The third kappa shape index (κ3) is 5.87. The van der Waals surface area contributed by atoms with Crippen LogP contribution in [-0.4, -0.2) is 24.7 Å². The Kier molecular flexibility index (Phi) is 7.14. The standard InChI is InChI=1S/C24H24N2O3S/c1-16-4-7-20(14-17(16)2)25-23(27)15-30-22-12-8-19(9-13-22)26-24(28)18-5-10-21(29-3)11-6-18/h4-14H,15H2,1-3H3,(H,25,27)(H,26,28). The second-order valence-corrected chi connectivity index (χ2v) is 7.89. The molecule has 154 valence electrons. The van der Waals surface area contributed by atoms with E-state index in [0.717, 1.165) is 16.1 Å². The Morgan fingerprint density at radius 1 is 0.833 bits per heavy atom. The van der Waals surface area contributed by atoms with Gasteiger partial charge in [-0.2, -0.15) is 0 Å². The van der Waals surface area contributed by atoms with E-state index in [0.29, 0.717) is 22.8 Å². The molecule has 0 bridgehead atoms. The highest BCUT2D eigenvalue weighted by Crippen LogP contribution is 2.22. The Hall–Kier alpha value is -3.25. The summed E-state index contributed by atoms with van der Waals surface area (Å²) in [5, 5.41) is 5.78. The molecule has 0 heterocycles. The molecule has 30 heavy (non-hydrogen) atoms. The molecule has 2 N–H and O–H groups in total. The molecule has 0 aliphatic rings. The highest BCUT2D eigenvalue weighted by molar-refractivity contribution is 8.00. The SMILES string of the molecule is COc1ccc(C(=O)Nc2ccc(SCC(=O)Nc3ccc(C)c(C)c3)cc2)cc1. The molecule has 0 saturated heterocycles. The predicted octanol–water partition coefficient (Wildman–Crippen LogP) is 5.30. The second kappa shape index (κ2) is 9.98. The minimum absolute atomic E-state index is 0.0554. The van der Waals surface area contributed by atoms with E-state index >= 15 is 0 Å². The van der Waals surface area contributed by atoms with E-state index in [9.17, 15) is 9.59 Å². The molecule has 0 radical (unpaired) electrons. The molecule has 0 spiro atoms. The molecule has 0 unspecified atom stereocenters. The molecule has 0 aliphatic heterocycles. The predicted molar refractivity (Wildman–Crippen MR) is 123 cm³/mol. The van der Waals surface area contributed by atoms with Gasteiger partial charge in [-0.1, -0.05) is 6.07 Å². The first-order valence-electron chi connectivity index (χ1n) is 9.50. The van der Waals surface area contributed by atoms with Crippen LogP contribution in [0.3, 0.4) is 0 Å². The topological polar surface area (TPSA) is 67.4 Å². The van der Waals surface area contributed by atoms with Crippen LogP contribution in [0.5, 0.6) is 5.75 Å². The highest BCUT2D eigenvalue weighted by atomic mass is 32.2. The van der Waals surface area contributed by atoms with E-state index in [1.807, 2.05) is 56.3 Å². The molecule has 3 aromatic carbocycles. The average molecular weight is 421 g/mol. The third-order valence-electron chi connectivity index (χ3n) is 4.62. The smallest absolute Gasteiger partial charge is 0.255 e. The van der Waals surface area contributed by atoms with Gasteiger partial charge in [0.15, 0.2) is 0 Å². The van der Waals surface area contributed by atoms with E-state index < -0.39 is 0 Å². The largest absolute Gasteiger partial charge is 0.497 e. The lowest BCUT2D eigenvalue weighted by Crippen LogP contribution is -2.14. The zero-order chi connectivity index (χ0) is 21.5. The van der Waals surface area contributed by atoms with Crippen molar-refractivity contribution in [3.8, 4) is 5.75 Å².